The fraction of sp³-hybridized carbons (Fsp3) is 0.923. The summed E-state index contributed by atoms with van der Waals surface area (Å²) in [7, 11) is 0. The summed E-state index contributed by atoms with van der Waals surface area (Å²) >= 11 is 0. The standard InChI is InChI=1S/C26H44N2O4/c1-23(2)9-19-11-25(5,15-23)17-27(19)21(29)13-31-7-8-32-14-22(30)28-18-26(6)12-20(28)10-24(3,4)16-26/h19-20H,7-18H2,1-6H3. The third-order valence-electron chi connectivity index (χ3n) is 8.29. The second-order valence-corrected chi connectivity index (χ2v) is 13.6. The van der Waals surface area contributed by atoms with Crippen LogP contribution in [0.5, 0.6) is 0 Å². The molecule has 0 radical (unpaired) electrons. The van der Waals surface area contributed by atoms with E-state index in [2.05, 4.69) is 41.5 Å². The maximum absolute atomic E-state index is 12.7. The summed E-state index contributed by atoms with van der Waals surface area (Å²) in [6.45, 7) is 16.5. The van der Waals surface area contributed by atoms with Gasteiger partial charge in [-0.25, -0.2) is 0 Å². The molecule has 0 spiro atoms. The van der Waals surface area contributed by atoms with Gasteiger partial charge in [-0.3, -0.25) is 9.59 Å². The molecular formula is C26H44N2O4. The molecule has 0 N–H and O–H groups in total. The topological polar surface area (TPSA) is 59.1 Å². The zero-order valence-electron chi connectivity index (χ0n) is 21.2. The smallest absolute Gasteiger partial charge is 0.248 e. The van der Waals surface area contributed by atoms with Crippen LogP contribution >= 0.6 is 0 Å². The molecule has 182 valence electrons. The van der Waals surface area contributed by atoms with E-state index in [0.29, 0.717) is 36.1 Å². The van der Waals surface area contributed by atoms with E-state index in [-0.39, 0.29) is 35.9 Å². The maximum atomic E-state index is 12.7. The van der Waals surface area contributed by atoms with Crippen LogP contribution in [-0.4, -0.2) is 73.2 Å². The summed E-state index contributed by atoms with van der Waals surface area (Å²) in [5.74, 6) is 0.181. The third-order valence-corrected chi connectivity index (χ3v) is 8.29. The molecule has 32 heavy (non-hydrogen) atoms. The molecule has 2 heterocycles. The Hall–Kier alpha value is -1.14. The van der Waals surface area contributed by atoms with Crippen molar-refractivity contribution in [3.63, 3.8) is 0 Å². The summed E-state index contributed by atoms with van der Waals surface area (Å²) in [4.78, 5) is 29.6. The highest BCUT2D eigenvalue weighted by Crippen LogP contribution is 2.53. The van der Waals surface area contributed by atoms with Crippen molar-refractivity contribution in [3.05, 3.63) is 0 Å². The number of amides is 2. The molecule has 2 aliphatic carbocycles. The minimum Gasteiger partial charge on any atom is -0.369 e. The second kappa shape index (κ2) is 8.26. The first-order valence-corrected chi connectivity index (χ1v) is 12.5. The summed E-state index contributed by atoms with van der Waals surface area (Å²) in [6.07, 6.45) is 6.73. The lowest BCUT2D eigenvalue weighted by Gasteiger charge is -2.39. The van der Waals surface area contributed by atoms with Gasteiger partial charge in [-0.15, -0.1) is 0 Å². The van der Waals surface area contributed by atoms with Gasteiger partial charge in [0.05, 0.1) is 13.2 Å². The highest BCUT2D eigenvalue weighted by molar-refractivity contribution is 5.78. The molecule has 4 rings (SSSR count). The van der Waals surface area contributed by atoms with E-state index in [1.807, 2.05) is 9.80 Å². The first-order chi connectivity index (χ1) is 14.8. The fourth-order valence-electron chi connectivity index (χ4n) is 8.11. The molecule has 2 saturated heterocycles. The second-order valence-electron chi connectivity index (χ2n) is 13.6. The van der Waals surface area contributed by atoms with Crippen molar-refractivity contribution >= 4 is 11.8 Å². The number of rotatable bonds is 7. The number of nitrogens with zero attached hydrogens (tertiary/aromatic N) is 2. The maximum Gasteiger partial charge on any atom is 0.248 e. The molecule has 4 aliphatic rings. The highest BCUT2D eigenvalue weighted by atomic mass is 16.5. The molecule has 0 aromatic carbocycles. The van der Waals surface area contributed by atoms with Gasteiger partial charge < -0.3 is 19.3 Å². The molecule has 4 bridgehead atoms. The minimum atomic E-state index is 0.0905. The van der Waals surface area contributed by atoms with Gasteiger partial charge >= 0.3 is 0 Å². The number of likely N-dealkylation sites (tertiary alicyclic amines) is 2. The van der Waals surface area contributed by atoms with Crippen molar-refractivity contribution in [1.82, 2.24) is 9.80 Å². The first-order valence-electron chi connectivity index (χ1n) is 12.5. The number of ether oxygens (including phenoxy) is 2. The number of hydrogen-bond acceptors (Lipinski definition) is 4. The van der Waals surface area contributed by atoms with E-state index >= 15 is 0 Å². The molecule has 2 amide bonds. The average Bonchev–Trinajstić information content (AvgIpc) is 3.04. The van der Waals surface area contributed by atoms with Gasteiger partial charge in [-0.05, 0) is 60.2 Å². The summed E-state index contributed by atoms with van der Waals surface area (Å²) in [5.41, 5.74) is 1.08. The molecule has 4 atom stereocenters. The number of fused-ring (bicyclic) bond motifs is 4. The lowest BCUT2D eigenvalue weighted by molar-refractivity contribution is -0.141. The van der Waals surface area contributed by atoms with E-state index in [9.17, 15) is 9.59 Å². The zero-order valence-corrected chi connectivity index (χ0v) is 21.2. The van der Waals surface area contributed by atoms with E-state index in [1.54, 1.807) is 0 Å². The van der Waals surface area contributed by atoms with E-state index in [1.165, 1.54) is 12.8 Å². The van der Waals surface area contributed by atoms with Crippen LogP contribution in [0.15, 0.2) is 0 Å². The Morgan fingerprint density at radius 1 is 0.688 bits per heavy atom. The van der Waals surface area contributed by atoms with E-state index < -0.39 is 0 Å². The Labute approximate surface area is 194 Å². The van der Waals surface area contributed by atoms with Gasteiger partial charge in [0.25, 0.3) is 0 Å². The predicted octanol–water partition coefficient (Wildman–Crippen LogP) is 3.87. The fourth-order valence-corrected chi connectivity index (χ4v) is 8.11. The van der Waals surface area contributed by atoms with Crippen LogP contribution in [-0.2, 0) is 19.1 Å². The molecule has 6 heteroatoms. The van der Waals surface area contributed by atoms with Gasteiger partial charge in [0, 0.05) is 25.2 Å². The van der Waals surface area contributed by atoms with Crippen LogP contribution in [0.3, 0.4) is 0 Å². The normalized spacial score (nSPS) is 37.1. The number of carbonyl (C=O) groups is 2. The monoisotopic (exact) mass is 448 g/mol. The molecule has 0 aromatic heterocycles. The Kier molecular flexibility index (Phi) is 6.20. The van der Waals surface area contributed by atoms with Gasteiger partial charge in [0.1, 0.15) is 13.2 Å². The largest absolute Gasteiger partial charge is 0.369 e. The number of hydrogen-bond donors (Lipinski definition) is 0. The van der Waals surface area contributed by atoms with Crippen molar-refractivity contribution in [3.8, 4) is 0 Å². The zero-order chi connectivity index (χ0) is 23.4. The Morgan fingerprint density at radius 3 is 1.44 bits per heavy atom. The first kappa shape index (κ1) is 24.0. The Bertz CT molecular complexity index is 688. The van der Waals surface area contributed by atoms with Crippen molar-refractivity contribution in [2.24, 2.45) is 21.7 Å². The molecule has 0 aromatic rings. The third kappa shape index (κ3) is 5.16. The van der Waals surface area contributed by atoms with Crippen LogP contribution in [0.2, 0.25) is 0 Å². The Balaban J connectivity index is 1.14. The van der Waals surface area contributed by atoms with Crippen LogP contribution in [0.1, 0.15) is 80.1 Å². The quantitative estimate of drug-likeness (QED) is 0.555. The summed E-state index contributed by atoms with van der Waals surface area (Å²) in [5, 5.41) is 0. The van der Waals surface area contributed by atoms with Gasteiger partial charge in [-0.2, -0.15) is 0 Å². The highest BCUT2D eigenvalue weighted by Gasteiger charge is 2.52. The predicted molar refractivity (Wildman–Crippen MR) is 124 cm³/mol. The molecule has 4 unspecified atom stereocenters. The Morgan fingerprint density at radius 2 is 1.06 bits per heavy atom. The van der Waals surface area contributed by atoms with Crippen molar-refractivity contribution in [1.29, 1.82) is 0 Å². The van der Waals surface area contributed by atoms with Gasteiger partial charge in [-0.1, -0.05) is 41.5 Å². The van der Waals surface area contributed by atoms with Crippen molar-refractivity contribution in [2.75, 3.05) is 39.5 Å². The van der Waals surface area contributed by atoms with Gasteiger partial charge in [0.2, 0.25) is 11.8 Å². The van der Waals surface area contributed by atoms with Crippen LogP contribution in [0.25, 0.3) is 0 Å². The minimum absolute atomic E-state index is 0.0905. The van der Waals surface area contributed by atoms with Gasteiger partial charge in [0.15, 0.2) is 0 Å². The summed E-state index contributed by atoms with van der Waals surface area (Å²) in [6, 6.07) is 0.695. The van der Waals surface area contributed by atoms with Crippen molar-refractivity contribution < 1.29 is 19.1 Å². The molecule has 6 nitrogen and oxygen atoms in total. The SMILES string of the molecule is CC1(C)CC2CC(C)(CN2C(=O)COCCOCC(=O)N2CC3(C)CC2CC(C)(C)C3)C1. The van der Waals surface area contributed by atoms with E-state index in [0.717, 1.165) is 38.8 Å². The molecular weight excluding hydrogens is 404 g/mol. The summed E-state index contributed by atoms with van der Waals surface area (Å²) < 4.78 is 11.2. The van der Waals surface area contributed by atoms with Crippen molar-refractivity contribution in [2.45, 2.75) is 92.2 Å². The number of carbonyl (C=O) groups excluding carboxylic acids is 2. The average molecular weight is 449 g/mol. The van der Waals surface area contributed by atoms with E-state index in [4.69, 9.17) is 9.47 Å². The van der Waals surface area contributed by atoms with Crippen LogP contribution in [0, 0.1) is 21.7 Å². The molecule has 4 fully saturated rings. The van der Waals surface area contributed by atoms with Crippen LogP contribution < -0.4 is 0 Å². The lowest BCUT2D eigenvalue weighted by atomic mass is 9.65. The lowest BCUT2D eigenvalue weighted by Crippen LogP contribution is -2.40. The molecule has 2 aliphatic heterocycles. The molecule has 2 saturated carbocycles. The van der Waals surface area contributed by atoms with Crippen LogP contribution in [0.4, 0.5) is 0 Å².